The van der Waals surface area contributed by atoms with Gasteiger partial charge in [-0.15, -0.1) is 0 Å². The zero-order valence-corrected chi connectivity index (χ0v) is 19.2. The summed E-state index contributed by atoms with van der Waals surface area (Å²) in [6.45, 7) is 2.30. The molecule has 0 bridgehead atoms. The molecule has 1 N–H and O–H groups in total. The van der Waals surface area contributed by atoms with Gasteiger partial charge in [0.2, 0.25) is 0 Å². The first-order chi connectivity index (χ1) is 16.5. The summed E-state index contributed by atoms with van der Waals surface area (Å²) >= 11 is 1.30. The van der Waals surface area contributed by atoms with E-state index in [1.807, 2.05) is 73.7 Å². The summed E-state index contributed by atoms with van der Waals surface area (Å²) in [7, 11) is 0. The molecule has 1 aliphatic rings. The number of hydrogen-bond acceptors (Lipinski definition) is 4. The summed E-state index contributed by atoms with van der Waals surface area (Å²) in [5.74, 6) is 0.161. The Labute approximate surface area is 201 Å². The van der Waals surface area contributed by atoms with E-state index in [0.29, 0.717) is 15.8 Å². The van der Waals surface area contributed by atoms with Gasteiger partial charge in [0.25, 0.3) is 5.91 Å². The lowest BCUT2D eigenvalue weighted by Crippen LogP contribution is -2.19. The molecule has 0 spiro atoms. The number of benzene rings is 4. The molecule has 34 heavy (non-hydrogen) atoms. The van der Waals surface area contributed by atoms with Crippen LogP contribution in [0.1, 0.15) is 16.7 Å². The fourth-order valence-corrected chi connectivity index (χ4v) is 4.46. The molecule has 0 aliphatic carbocycles. The number of fused-ring (bicyclic) bond motifs is 1. The molecule has 1 fully saturated rings. The molecule has 168 valence electrons. The Balaban J connectivity index is 1.47. The van der Waals surface area contributed by atoms with E-state index in [-0.39, 0.29) is 18.3 Å². The van der Waals surface area contributed by atoms with Crippen LogP contribution in [0.5, 0.6) is 5.75 Å². The van der Waals surface area contributed by atoms with Crippen LogP contribution in [0.15, 0.2) is 94.8 Å². The summed E-state index contributed by atoms with van der Waals surface area (Å²) in [6.07, 6.45) is 1.85. The van der Waals surface area contributed by atoms with Gasteiger partial charge in [-0.2, -0.15) is 0 Å². The van der Waals surface area contributed by atoms with Gasteiger partial charge in [0, 0.05) is 5.56 Å². The quantitative estimate of drug-likeness (QED) is 0.329. The van der Waals surface area contributed by atoms with Crippen molar-refractivity contribution in [2.24, 2.45) is 4.99 Å². The number of hydrogen-bond donors (Lipinski definition) is 1. The molecule has 0 aromatic heterocycles. The smallest absolute Gasteiger partial charge is 0.264 e. The van der Waals surface area contributed by atoms with Gasteiger partial charge in [0.1, 0.15) is 18.2 Å². The van der Waals surface area contributed by atoms with Crippen molar-refractivity contribution in [3.05, 3.63) is 112 Å². The lowest BCUT2D eigenvalue weighted by Gasteiger charge is -2.12. The van der Waals surface area contributed by atoms with Gasteiger partial charge in [-0.05, 0) is 71.4 Å². The molecule has 4 nitrogen and oxygen atoms in total. The number of thioether (sulfide) groups is 1. The largest absolute Gasteiger partial charge is 0.488 e. The van der Waals surface area contributed by atoms with Crippen molar-refractivity contribution in [3.8, 4) is 5.75 Å². The summed E-state index contributed by atoms with van der Waals surface area (Å²) in [5.41, 5.74) is 3.60. The highest BCUT2D eigenvalue weighted by Crippen LogP contribution is 2.35. The van der Waals surface area contributed by atoms with Crippen molar-refractivity contribution in [1.82, 2.24) is 5.32 Å². The molecule has 5 rings (SSSR count). The van der Waals surface area contributed by atoms with Gasteiger partial charge >= 0.3 is 0 Å². The molecule has 0 saturated carbocycles. The molecule has 1 aliphatic heterocycles. The second-order valence-corrected chi connectivity index (χ2v) is 8.96. The first-order valence-corrected chi connectivity index (χ1v) is 11.6. The number of amides is 1. The topological polar surface area (TPSA) is 50.7 Å². The van der Waals surface area contributed by atoms with E-state index in [4.69, 9.17) is 4.74 Å². The number of nitrogens with zero attached hydrogens (tertiary/aromatic N) is 1. The molecular weight excluding hydrogens is 447 g/mol. The van der Waals surface area contributed by atoms with Crippen molar-refractivity contribution < 1.29 is 13.9 Å². The summed E-state index contributed by atoms with van der Waals surface area (Å²) in [5, 5.41) is 5.40. The Hall–Kier alpha value is -3.90. The molecule has 4 aromatic rings. The Morgan fingerprint density at radius 3 is 2.53 bits per heavy atom. The van der Waals surface area contributed by atoms with Crippen LogP contribution in [-0.4, -0.2) is 11.1 Å². The Morgan fingerprint density at radius 1 is 0.971 bits per heavy atom. The molecule has 1 amide bonds. The van der Waals surface area contributed by atoms with Gasteiger partial charge in [-0.1, -0.05) is 60.2 Å². The van der Waals surface area contributed by atoms with Crippen LogP contribution in [0.25, 0.3) is 16.8 Å². The van der Waals surface area contributed by atoms with Crippen LogP contribution in [0.2, 0.25) is 0 Å². The van der Waals surface area contributed by atoms with Gasteiger partial charge in [-0.25, -0.2) is 9.38 Å². The van der Waals surface area contributed by atoms with Crippen molar-refractivity contribution in [2.75, 3.05) is 0 Å². The standard InChI is InChI=1S/C28H21FN2O2S/c1-18-6-13-22(14-7-18)30-28-31-27(32)26(34-28)16-24-23-5-3-2-4-20(23)10-15-25(24)33-17-19-8-11-21(29)12-9-19/h2-16H,17H2,1H3,(H,30,31,32)/b26-16-. The molecule has 0 unspecified atom stereocenters. The lowest BCUT2D eigenvalue weighted by molar-refractivity contribution is -0.115. The third kappa shape index (κ3) is 4.87. The Morgan fingerprint density at radius 2 is 1.74 bits per heavy atom. The first kappa shape index (κ1) is 21.9. The molecule has 1 saturated heterocycles. The van der Waals surface area contributed by atoms with Crippen molar-refractivity contribution in [3.63, 3.8) is 0 Å². The number of amidine groups is 1. The zero-order valence-electron chi connectivity index (χ0n) is 18.4. The first-order valence-electron chi connectivity index (χ1n) is 10.8. The van der Waals surface area contributed by atoms with Crippen LogP contribution < -0.4 is 10.1 Å². The SMILES string of the molecule is Cc1ccc(N=C2NC(=O)/C(=C/c3c(OCc4ccc(F)cc4)ccc4ccccc34)S2)cc1. The maximum Gasteiger partial charge on any atom is 0.264 e. The third-order valence-electron chi connectivity index (χ3n) is 5.43. The van der Waals surface area contributed by atoms with E-state index in [0.717, 1.165) is 33.2 Å². The van der Waals surface area contributed by atoms with E-state index >= 15 is 0 Å². The number of carbonyl (C=O) groups excluding carboxylic acids is 1. The maximum atomic E-state index is 13.2. The summed E-state index contributed by atoms with van der Waals surface area (Å²) in [4.78, 5) is 17.8. The third-order valence-corrected chi connectivity index (χ3v) is 6.34. The zero-order chi connectivity index (χ0) is 23.5. The number of ether oxygens (including phenoxy) is 1. The highest BCUT2D eigenvalue weighted by molar-refractivity contribution is 8.18. The van der Waals surface area contributed by atoms with Crippen molar-refractivity contribution in [2.45, 2.75) is 13.5 Å². The van der Waals surface area contributed by atoms with Crippen LogP contribution in [0.3, 0.4) is 0 Å². The number of nitrogens with one attached hydrogen (secondary N) is 1. The molecule has 6 heteroatoms. The van der Waals surface area contributed by atoms with Crippen LogP contribution in [0.4, 0.5) is 10.1 Å². The second kappa shape index (κ2) is 9.53. The monoisotopic (exact) mass is 468 g/mol. The summed E-state index contributed by atoms with van der Waals surface area (Å²) in [6, 6.07) is 25.9. The highest BCUT2D eigenvalue weighted by atomic mass is 32.2. The number of rotatable bonds is 5. The molecular formula is C28H21FN2O2S. The highest BCUT2D eigenvalue weighted by Gasteiger charge is 2.25. The van der Waals surface area contributed by atoms with Crippen LogP contribution >= 0.6 is 11.8 Å². The second-order valence-electron chi connectivity index (χ2n) is 7.93. The lowest BCUT2D eigenvalue weighted by atomic mass is 10.0. The fourth-order valence-electron chi connectivity index (χ4n) is 3.64. The predicted octanol–water partition coefficient (Wildman–Crippen LogP) is 6.76. The maximum absolute atomic E-state index is 13.2. The van der Waals surface area contributed by atoms with Gasteiger partial charge in [0.05, 0.1) is 10.6 Å². The van der Waals surface area contributed by atoms with Crippen molar-refractivity contribution in [1.29, 1.82) is 0 Å². The minimum Gasteiger partial charge on any atom is -0.488 e. The van der Waals surface area contributed by atoms with Gasteiger partial charge in [-0.3, -0.25) is 4.79 Å². The number of carbonyl (C=O) groups is 1. The minimum atomic E-state index is -0.285. The number of aliphatic imine (C=N–C) groups is 1. The van der Waals surface area contributed by atoms with E-state index in [9.17, 15) is 9.18 Å². The molecule has 0 radical (unpaired) electrons. The molecule has 0 atom stereocenters. The predicted molar refractivity (Wildman–Crippen MR) is 137 cm³/mol. The molecule has 4 aromatic carbocycles. The van der Waals surface area contributed by atoms with E-state index in [1.54, 1.807) is 12.1 Å². The molecule has 1 heterocycles. The normalized spacial score (nSPS) is 15.8. The van der Waals surface area contributed by atoms with Crippen molar-refractivity contribution >= 4 is 45.4 Å². The van der Waals surface area contributed by atoms with Gasteiger partial charge < -0.3 is 10.1 Å². The average molecular weight is 469 g/mol. The van der Waals surface area contributed by atoms with E-state index in [2.05, 4.69) is 10.3 Å². The summed E-state index contributed by atoms with van der Waals surface area (Å²) < 4.78 is 19.4. The van der Waals surface area contributed by atoms with Gasteiger partial charge in [0.15, 0.2) is 5.17 Å². The van der Waals surface area contributed by atoms with E-state index < -0.39 is 0 Å². The average Bonchev–Trinajstić information content (AvgIpc) is 3.19. The fraction of sp³-hybridized carbons (Fsp3) is 0.0714. The van der Waals surface area contributed by atoms with E-state index in [1.165, 1.54) is 23.9 Å². The van der Waals surface area contributed by atoms with Crippen LogP contribution in [0, 0.1) is 12.7 Å². The Kier molecular flexibility index (Phi) is 6.14. The van der Waals surface area contributed by atoms with Crippen LogP contribution in [-0.2, 0) is 11.4 Å². The Bertz CT molecular complexity index is 1430. The number of aryl methyl sites for hydroxylation is 1. The number of halogens is 1. The minimum absolute atomic E-state index is 0.201.